The largest absolute Gasteiger partial charge is 0.435 e. The first-order chi connectivity index (χ1) is 13.1. The highest BCUT2D eigenvalue weighted by Crippen LogP contribution is 2.37. The second-order valence-electron chi connectivity index (χ2n) is 6.97. The van der Waals surface area contributed by atoms with Gasteiger partial charge in [-0.05, 0) is 32.8 Å². The summed E-state index contributed by atoms with van der Waals surface area (Å²) in [5.74, 6) is 0. The summed E-state index contributed by atoms with van der Waals surface area (Å²) in [6, 6.07) is 0.256. The van der Waals surface area contributed by atoms with Crippen LogP contribution in [0.2, 0.25) is 0 Å². The minimum atomic E-state index is -4.58. The molecule has 7 nitrogen and oxygen atoms in total. The van der Waals surface area contributed by atoms with Gasteiger partial charge in [0.2, 0.25) is 10.0 Å². The van der Waals surface area contributed by atoms with Gasteiger partial charge >= 0.3 is 6.18 Å². The number of rotatable bonds is 4. The predicted octanol–water partition coefficient (Wildman–Crippen LogP) is 3.27. The number of sulfonamides is 1. The highest BCUT2D eigenvalue weighted by Gasteiger charge is 2.40. The number of alkyl halides is 3. The van der Waals surface area contributed by atoms with Gasteiger partial charge in [-0.3, -0.25) is 9.36 Å². The Labute approximate surface area is 162 Å². The molecule has 0 bridgehead atoms. The molecule has 3 heterocycles. The van der Waals surface area contributed by atoms with Gasteiger partial charge < -0.3 is 0 Å². The molecule has 0 aliphatic carbocycles. The monoisotopic (exact) mass is 419 g/mol. The third-order valence-corrected chi connectivity index (χ3v) is 7.21. The van der Waals surface area contributed by atoms with E-state index in [1.165, 1.54) is 17.5 Å². The van der Waals surface area contributed by atoms with E-state index in [1.807, 2.05) is 6.92 Å². The molecule has 1 atom stereocenters. The maximum Gasteiger partial charge on any atom is 0.435 e. The van der Waals surface area contributed by atoms with Crippen LogP contribution in [-0.2, 0) is 29.8 Å². The lowest BCUT2D eigenvalue weighted by Crippen LogP contribution is -2.36. The molecule has 1 aliphatic heterocycles. The molecule has 0 N–H and O–H groups in total. The second kappa shape index (κ2) is 7.51. The highest BCUT2D eigenvalue weighted by molar-refractivity contribution is 7.89. The molecule has 0 saturated carbocycles. The smallest absolute Gasteiger partial charge is 0.270 e. The van der Waals surface area contributed by atoms with E-state index in [2.05, 4.69) is 10.2 Å². The van der Waals surface area contributed by atoms with Crippen LogP contribution >= 0.6 is 0 Å². The Morgan fingerprint density at radius 1 is 1.25 bits per heavy atom. The van der Waals surface area contributed by atoms with Gasteiger partial charge in [-0.25, -0.2) is 8.42 Å². The van der Waals surface area contributed by atoms with Gasteiger partial charge in [0.05, 0.1) is 23.6 Å². The molecule has 1 saturated heterocycles. The van der Waals surface area contributed by atoms with Gasteiger partial charge in [0.25, 0.3) is 0 Å². The van der Waals surface area contributed by atoms with Crippen molar-refractivity contribution in [1.29, 1.82) is 0 Å². The third-order valence-electron chi connectivity index (χ3n) is 5.20. The van der Waals surface area contributed by atoms with E-state index in [1.54, 1.807) is 11.6 Å². The molecule has 0 aromatic carbocycles. The minimum Gasteiger partial charge on any atom is -0.270 e. The fourth-order valence-electron chi connectivity index (χ4n) is 3.72. The van der Waals surface area contributed by atoms with Gasteiger partial charge in [-0.1, -0.05) is 12.8 Å². The lowest BCUT2D eigenvalue weighted by atomic mass is 10.1. The Morgan fingerprint density at radius 2 is 1.96 bits per heavy atom. The molecule has 0 amide bonds. The van der Waals surface area contributed by atoms with Crippen molar-refractivity contribution in [2.45, 2.75) is 63.2 Å². The predicted molar refractivity (Wildman–Crippen MR) is 95.9 cm³/mol. The zero-order valence-corrected chi connectivity index (χ0v) is 16.9. The second-order valence-corrected chi connectivity index (χ2v) is 8.83. The summed E-state index contributed by atoms with van der Waals surface area (Å²) in [4.78, 5) is 0.0967. The molecule has 2 aromatic rings. The van der Waals surface area contributed by atoms with Crippen LogP contribution in [0.4, 0.5) is 13.2 Å². The van der Waals surface area contributed by atoms with Crippen molar-refractivity contribution >= 4 is 10.0 Å². The summed E-state index contributed by atoms with van der Waals surface area (Å²) in [6.45, 7) is 4.32. The summed E-state index contributed by atoms with van der Waals surface area (Å²) < 4.78 is 70.2. The van der Waals surface area contributed by atoms with Gasteiger partial charge in [-0.2, -0.15) is 27.7 Å². The van der Waals surface area contributed by atoms with Gasteiger partial charge in [-0.15, -0.1) is 0 Å². The Morgan fingerprint density at radius 3 is 2.54 bits per heavy atom. The lowest BCUT2D eigenvalue weighted by Gasteiger charge is -2.29. The summed E-state index contributed by atoms with van der Waals surface area (Å²) in [6.07, 6.45) is -0.613. The molecule has 0 radical (unpaired) electrons. The number of hydrogen-bond acceptors (Lipinski definition) is 4. The van der Waals surface area contributed by atoms with Crippen LogP contribution in [0.25, 0.3) is 0 Å². The quantitative estimate of drug-likeness (QED) is 0.763. The van der Waals surface area contributed by atoms with E-state index in [4.69, 9.17) is 0 Å². The Hall–Kier alpha value is -1.88. The summed E-state index contributed by atoms with van der Waals surface area (Å²) in [7, 11) is -2.50. The van der Waals surface area contributed by atoms with Gasteiger partial charge in [0.15, 0.2) is 5.69 Å². The van der Waals surface area contributed by atoms with Crippen LogP contribution in [0.3, 0.4) is 0 Å². The maximum absolute atomic E-state index is 13.4. The van der Waals surface area contributed by atoms with Crippen molar-refractivity contribution in [3.63, 3.8) is 0 Å². The third kappa shape index (κ3) is 3.69. The SMILES string of the molecule is CCn1ncc(S(=O)(=O)N2CCCCC[C@H]2c2cc(C(F)(F)F)nn2C)c1C. The summed E-state index contributed by atoms with van der Waals surface area (Å²) >= 11 is 0. The standard InChI is InChI=1S/C17H24F3N5O2S/c1-4-24-12(2)15(11-21-24)28(26,27)25-9-7-5-6-8-13(25)14-10-16(17(18,19)20)22-23(14)3/h10-11,13H,4-9H2,1-3H3/t13-/m0/s1. The average molecular weight is 419 g/mol. The molecule has 156 valence electrons. The van der Waals surface area contributed by atoms with Crippen LogP contribution in [0.15, 0.2) is 17.2 Å². The van der Waals surface area contributed by atoms with E-state index in [9.17, 15) is 21.6 Å². The zero-order chi connectivity index (χ0) is 20.7. The Kier molecular flexibility index (Phi) is 5.59. The maximum atomic E-state index is 13.4. The first-order valence-electron chi connectivity index (χ1n) is 9.22. The van der Waals surface area contributed by atoms with E-state index >= 15 is 0 Å². The number of hydrogen-bond donors (Lipinski definition) is 0. The van der Waals surface area contributed by atoms with Crippen LogP contribution in [0.1, 0.15) is 55.7 Å². The van der Waals surface area contributed by atoms with Crippen LogP contribution < -0.4 is 0 Å². The number of aryl methyl sites for hydroxylation is 2. The van der Waals surface area contributed by atoms with Crippen molar-refractivity contribution in [1.82, 2.24) is 23.9 Å². The van der Waals surface area contributed by atoms with Crippen LogP contribution in [0.5, 0.6) is 0 Å². The fourth-order valence-corrected chi connectivity index (χ4v) is 5.55. The molecule has 0 unspecified atom stereocenters. The van der Waals surface area contributed by atoms with Crippen molar-refractivity contribution in [2.75, 3.05) is 6.54 Å². The van der Waals surface area contributed by atoms with Crippen LogP contribution in [0, 0.1) is 6.92 Å². The normalized spacial score (nSPS) is 19.7. The molecular formula is C17H24F3N5O2S. The highest BCUT2D eigenvalue weighted by atomic mass is 32.2. The van der Waals surface area contributed by atoms with E-state index in [-0.39, 0.29) is 17.1 Å². The first-order valence-corrected chi connectivity index (χ1v) is 10.7. The average Bonchev–Trinajstić information content (AvgIpc) is 3.08. The molecule has 3 rings (SSSR count). The molecule has 1 fully saturated rings. The number of aromatic nitrogens is 4. The van der Waals surface area contributed by atoms with Crippen LogP contribution in [-0.4, -0.2) is 38.8 Å². The molecule has 2 aromatic heterocycles. The fraction of sp³-hybridized carbons (Fsp3) is 0.647. The summed E-state index contributed by atoms with van der Waals surface area (Å²) in [5.41, 5.74) is -0.244. The Balaban J connectivity index is 2.07. The molecule has 28 heavy (non-hydrogen) atoms. The van der Waals surface area contributed by atoms with Gasteiger partial charge in [0, 0.05) is 20.1 Å². The van der Waals surface area contributed by atoms with Gasteiger partial charge in [0.1, 0.15) is 4.90 Å². The van der Waals surface area contributed by atoms with Crippen molar-refractivity contribution in [2.24, 2.45) is 7.05 Å². The molecule has 1 aliphatic rings. The topological polar surface area (TPSA) is 73.0 Å². The molecule has 0 spiro atoms. The molecule has 11 heteroatoms. The Bertz CT molecular complexity index is 949. The number of halogens is 3. The van der Waals surface area contributed by atoms with Crippen molar-refractivity contribution < 1.29 is 21.6 Å². The molecular weight excluding hydrogens is 395 g/mol. The van der Waals surface area contributed by atoms with E-state index in [0.29, 0.717) is 25.1 Å². The zero-order valence-electron chi connectivity index (χ0n) is 16.1. The van der Waals surface area contributed by atoms with E-state index < -0.39 is 27.9 Å². The van der Waals surface area contributed by atoms with Crippen molar-refractivity contribution in [3.05, 3.63) is 29.3 Å². The van der Waals surface area contributed by atoms with E-state index in [0.717, 1.165) is 23.6 Å². The lowest BCUT2D eigenvalue weighted by molar-refractivity contribution is -0.141. The first kappa shape index (κ1) is 20.8. The van der Waals surface area contributed by atoms with Crippen molar-refractivity contribution in [3.8, 4) is 0 Å². The number of nitrogens with zero attached hydrogens (tertiary/aromatic N) is 5. The minimum absolute atomic E-state index is 0.0967. The summed E-state index contributed by atoms with van der Waals surface area (Å²) in [5, 5.41) is 7.68.